The highest BCUT2D eigenvalue weighted by molar-refractivity contribution is 6.33. The molecule has 2 aromatic rings. The molecular weight excluding hydrogens is 288 g/mol. The number of hydrogen-bond donors (Lipinski definition) is 3. The average Bonchev–Trinajstić information content (AvgIpc) is 2.48. The van der Waals surface area contributed by atoms with E-state index in [4.69, 9.17) is 11.6 Å². The monoisotopic (exact) mass is 304 g/mol. The molecule has 2 amide bonds. The first-order chi connectivity index (χ1) is 10.1. The van der Waals surface area contributed by atoms with Crippen molar-refractivity contribution in [3.05, 3.63) is 64.7 Å². The number of carbonyl (C=O) groups is 1. The summed E-state index contributed by atoms with van der Waals surface area (Å²) in [7, 11) is 0. The molecule has 0 aliphatic carbocycles. The summed E-state index contributed by atoms with van der Waals surface area (Å²) in [5.74, 6) is 0. The van der Waals surface area contributed by atoms with Gasteiger partial charge in [0.25, 0.3) is 0 Å². The molecule has 0 aromatic heterocycles. The molecule has 5 heteroatoms. The fourth-order valence-corrected chi connectivity index (χ4v) is 2.01. The molecule has 2 aromatic carbocycles. The SMILES string of the molecule is CC(O)c1ccc(CNC(=O)Nc2ccccc2Cl)cc1. The Bertz CT molecular complexity index is 612. The van der Waals surface area contributed by atoms with Crippen LogP contribution in [0.4, 0.5) is 10.5 Å². The first-order valence-electron chi connectivity index (χ1n) is 6.62. The second-order valence-corrected chi connectivity index (χ2v) is 5.11. The molecule has 0 saturated heterocycles. The summed E-state index contributed by atoms with van der Waals surface area (Å²) in [5, 5.41) is 15.4. The summed E-state index contributed by atoms with van der Waals surface area (Å²) in [6, 6.07) is 14.2. The van der Waals surface area contributed by atoms with Crippen LogP contribution in [0.3, 0.4) is 0 Å². The third kappa shape index (κ3) is 4.48. The van der Waals surface area contributed by atoms with Crippen molar-refractivity contribution in [3.8, 4) is 0 Å². The summed E-state index contributed by atoms with van der Waals surface area (Å²) >= 11 is 5.97. The Labute approximate surface area is 128 Å². The highest BCUT2D eigenvalue weighted by atomic mass is 35.5. The van der Waals surface area contributed by atoms with E-state index in [0.29, 0.717) is 17.3 Å². The number of anilines is 1. The highest BCUT2D eigenvalue weighted by Gasteiger charge is 2.05. The zero-order valence-electron chi connectivity index (χ0n) is 11.6. The van der Waals surface area contributed by atoms with Crippen molar-refractivity contribution in [2.45, 2.75) is 19.6 Å². The fraction of sp³-hybridized carbons (Fsp3) is 0.188. The van der Waals surface area contributed by atoms with Crippen LogP contribution in [0.15, 0.2) is 48.5 Å². The van der Waals surface area contributed by atoms with Crippen LogP contribution in [-0.4, -0.2) is 11.1 Å². The number of hydrogen-bond acceptors (Lipinski definition) is 2. The maximum absolute atomic E-state index is 11.8. The zero-order valence-corrected chi connectivity index (χ0v) is 12.4. The van der Waals surface area contributed by atoms with Gasteiger partial charge in [-0.05, 0) is 30.2 Å². The number of aliphatic hydroxyl groups excluding tert-OH is 1. The summed E-state index contributed by atoms with van der Waals surface area (Å²) in [6.45, 7) is 2.11. The minimum Gasteiger partial charge on any atom is -0.389 e. The molecule has 0 radical (unpaired) electrons. The standard InChI is InChI=1S/C16H17ClN2O2/c1-11(20)13-8-6-12(7-9-13)10-18-16(21)19-15-5-3-2-4-14(15)17/h2-9,11,20H,10H2,1H3,(H2,18,19,21). The van der Waals surface area contributed by atoms with Gasteiger partial charge in [0.2, 0.25) is 0 Å². The Morgan fingerprint density at radius 1 is 1.19 bits per heavy atom. The molecule has 0 fully saturated rings. The van der Waals surface area contributed by atoms with Gasteiger partial charge in [0.05, 0.1) is 16.8 Å². The first kappa shape index (κ1) is 15.4. The van der Waals surface area contributed by atoms with Crippen LogP contribution in [-0.2, 0) is 6.54 Å². The molecule has 2 rings (SSSR count). The van der Waals surface area contributed by atoms with Gasteiger partial charge in [-0.3, -0.25) is 0 Å². The molecule has 0 bridgehead atoms. The van der Waals surface area contributed by atoms with Gasteiger partial charge in [-0.25, -0.2) is 4.79 Å². The number of aliphatic hydroxyl groups is 1. The number of amides is 2. The predicted octanol–water partition coefficient (Wildman–Crippen LogP) is 3.72. The maximum Gasteiger partial charge on any atom is 0.319 e. The van der Waals surface area contributed by atoms with Gasteiger partial charge in [-0.1, -0.05) is 48.0 Å². The second kappa shape index (κ2) is 7.11. The van der Waals surface area contributed by atoms with Crippen molar-refractivity contribution in [1.29, 1.82) is 0 Å². The van der Waals surface area contributed by atoms with Gasteiger partial charge in [-0.2, -0.15) is 0 Å². The van der Waals surface area contributed by atoms with Crippen molar-refractivity contribution >= 4 is 23.3 Å². The van der Waals surface area contributed by atoms with Crippen molar-refractivity contribution in [1.82, 2.24) is 5.32 Å². The highest BCUT2D eigenvalue weighted by Crippen LogP contribution is 2.20. The molecule has 0 spiro atoms. The lowest BCUT2D eigenvalue weighted by Gasteiger charge is -2.10. The van der Waals surface area contributed by atoms with Gasteiger partial charge >= 0.3 is 6.03 Å². The lowest BCUT2D eigenvalue weighted by Crippen LogP contribution is -2.28. The molecule has 110 valence electrons. The first-order valence-corrected chi connectivity index (χ1v) is 7.00. The zero-order chi connectivity index (χ0) is 15.2. The topological polar surface area (TPSA) is 61.4 Å². The quantitative estimate of drug-likeness (QED) is 0.806. The average molecular weight is 305 g/mol. The van der Waals surface area contributed by atoms with Gasteiger partial charge in [0.1, 0.15) is 0 Å². The van der Waals surface area contributed by atoms with Gasteiger partial charge < -0.3 is 15.7 Å². The van der Waals surface area contributed by atoms with Crippen LogP contribution in [0.1, 0.15) is 24.2 Å². The lowest BCUT2D eigenvalue weighted by molar-refractivity contribution is 0.199. The van der Waals surface area contributed by atoms with Crippen LogP contribution < -0.4 is 10.6 Å². The largest absolute Gasteiger partial charge is 0.389 e. The van der Waals surface area contributed by atoms with Crippen molar-refractivity contribution in [3.63, 3.8) is 0 Å². The molecule has 0 aliphatic rings. The molecule has 21 heavy (non-hydrogen) atoms. The molecular formula is C16H17ClN2O2. The number of rotatable bonds is 4. The van der Waals surface area contributed by atoms with E-state index < -0.39 is 6.10 Å². The molecule has 0 heterocycles. The van der Waals surface area contributed by atoms with E-state index in [2.05, 4.69) is 10.6 Å². The Balaban J connectivity index is 1.88. The van der Waals surface area contributed by atoms with E-state index in [9.17, 15) is 9.90 Å². The van der Waals surface area contributed by atoms with Gasteiger partial charge in [-0.15, -0.1) is 0 Å². The minimum absolute atomic E-state index is 0.317. The normalized spacial score (nSPS) is 11.8. The Morgan fingerprint density at radius 3 is 2.48 bits per heavy atom. The number of carbonyl (C=O) groups excluding carboxylic acids is 1. The van der Waals surface area contributed by atoms with E-state index >= 15 is 0 Å². The fourth-order valence-electron chi connectivity index (χ4n) is 1.83. The summed E-state index contributed by atoms with van der Waals surface area (Å²) in [5.41, 5.74) is 2.37. The predicted molar refractivity (Wildman–Crippen MR) is 84.4 cm³/mol. The van der Waals surface area contributed by atoms with Crippen LogP contribution >= 0.6 is 11.6 Å². The second-order valence-electron chi connectivity index (χ2n) is 4.71. The number of nitrogens with one attached hydrogen (secondary N) is 2. The number of para-hydroxylation sites is 1. The molecule has 1 unspecified atom stereocenters. The van der Waals surface area contributed by atoms with Crippen LogP contribution in [0, 0.1) is 0 Å². The van der Waals surface area contributed by atoms with E-state index in [1.54, 1.807) is 31.2 Å². The maximum atomic E-state index is 11.8. The van der Waals surface area contributed by atoms with Gasteiger partial charge in [0.15, 0.2) is 0 Å². The Hall–Kier alpha value is -2.04. The van der Waals surface area contributed by atoms with Crippen LogP contribution in [0.5, 0.6) is 0 Å². The molecule has 0 aliphatic heterocycles. The van der Waals surface area contributed by atoms with Crippen molar-refractivity contribution < 1.29 is 9.90 Å². The minimum atomic E-state index is -0.490. The molecule has 3 N–H and O–H groups in total. The lowest BCUT2D eigenvalue weighted by atomic mass is 10.1. The summed E-state index contributed by atoms with van der Waals surface area (Å²) in [6.07, 6.45) is -0.490. The van der Waals surface area contributed by atoms with Gasteiger partial charge in [0, 0.05) is 6.54 Å². The van der Waals surface area contributed by atoms with E-state index in [0.717, 1.165) is 11.1 Å². The molecule has 1 atom stereocenters. The molecule has 4 nitrogen and oxygen atoms in total. The Kier molecular flexibility index (Phi) is 5.20. The Morgan fingerprint density at radius 2 is 1.86 bits per heavy atom. The molecule has 0 saturated carbocycles. The van der Waals surface area contributed by atoms with E-state index in [1.807, 2.05) is 24.3 Å². The van der Waals surface area contributed by atoms with Crippen LogP contribution in [0.2, 0.25) is 5.02 Å². The van der Waals surface area contributed by atoms with Crippen molar-refractivity contribution in [2.75, 3.05) is 5.32 Å². The number of benzene rings is 2. The number of halogens is 1. The number of urea groups is 1. The summed E-state index contributed by atoms with van der Waals surface area (Å²) < 4.78 is 0. The van der Waals surface area contributed by atoms with E-state index in [-0.39, 0.29) is 6.03 Å². The van der Waals surface area contributed by atoms with E-state index in [1.165, 1.54) is 0 Å². The van der Waals surface area contributed by atoms with Crippen molar-refractivity contribution in [2.24, 2.45) is 0 Å². The van der Waals surface area contributed by atoms with Crippen LogP contribution in [0.25, 0.3) is 0 Å². The smallest absolute Gasteiger partial charge is 0.319 e. The third-order valence-electron chi connectivity index (χ3n) is 3.04. The summed E-state index contributed by atoms with van der Waals surface area (Å²) in [4.78, 5) is 11.8. The third-order valence-corrected chi connectivity index (χ3v) is 3.37.